The Hall–Kier alpha value is -1.84. The van der Waals surface area contributed by atoms with Crippen molar-refractivity contribution in [3.05, 3.63) is 29.3 Å². The number of carbonyl (C=O) groups is 2. The molecule has 0 atom stereocenters. The van der Waals surface area contributed by atoms with Crippen LogP contribution in [-0.4, -0.2) is 12.4 Å². The molecule has 1 aromatic rings. The zero-order valence-corrected chi connectivity index (χ0v) is 6.65. The van der Waals surface area contributed by atoms with E-state index in [0.29, 0.717) is 23.2 Å². The van der Waals surface area contributed by atoms with Gasteiger partial charge in [-0.15, -0.1) is 0 Å². The van der Waals surface area contributed by atoms with Crippen LogP contribution >= 0.6 is 0 Å². The van der Waals surface area contributed by atoms with E-state index >= 15 is 0 Å². The molecule has 2 rings (SSSR count). The van der Waals surface area contributed by atoms with Gasteiger partial charge in [0.25, 0.3) is 0 Å². The van der Waals surface area contributed by atoms with Crippen LogP contribution in [-0.2, 0) is 11.3 Å². The fraction of sp³-hybridized carbons (Fsp3) is 0.111. The van der Waals surface area contributed by atoms with E-state index in [1.807, 2.05) is 0 Å². The molecule has 0 amide bonds. The summed E-state index contributed by atoms with van der Waals surface area (Å²) in [5.41, 5.74) is 1.08. The van der Waals surface area contributed by atoms with E-state index in [-0.39, 0.29) is 6.61 Å². The molecule has 0 fully saturated rings. The lowest BCUT2D eigenvalue weighted by molar-refractivity contribution is 0.0779. The summed E-state index contributed by atoms with van der Waals surface area (Å²) in [7, 11) is 0. The number of ether oxygens (including phenoxy) is 2. The van der Waals surface area contributed by atoms with Gasteiger partial charge in [-0.2, -0.15) is 0 Å². The van der Waals surface area contributed by atoms with Crippen molar-refractivity contribution in [1.82, 2.24) is 0 Å². The normalized spacial score (nSPS) is 14.0. The van der Waals surface area contributed by atoms with Gasteiger partial charge in [-0.3, -0.25) is 4.79 Å². The number of carbonyl (C=O) groups excluding carboxylic acids is 2. The fourth-order valence-electron chi connectivity index (χ4n) is 1.19. The van der Waals surface area contributed by atoms with Crippen LogP contribution in [0.25, 0.3) is 0 Å². The van der Waals surface area contributed by atoms with E-state index in [1.54, 1.807) is 18.2 Å². The van der Waals surface area contributed by atoms with Gasteiger partial charge in [0, 0.05) is 5.56 Å². The van der Waals surface area contributed by atoms with Crippen molar-refractivity contribution >= 4 is 12.4 Å². The summed E-state index contributed by atoms with van der Waals surface area (Å²) < 4.78 is 9.39. The molecule has 0 aliphatic carbocycles. The third-order valence-electron chi connectivity index (χ3n) is 1.78. The standard InChI is InChI=1S/C9H6O4/c10-4-6-2-1-3-7-5-12-9(11)13-8(6)7/h1-4H,5H2. The number of rotatable bonds is 1. The average Bonchev–Trinajstić information content (AvgIpc) is 2.17. The van der Waals surface area contributed by atoms with Crippen LogP contribution in [0, 0.1) is 0 Å². The van der Waals surface area contributed by atoms with Gasteiger partial charge < -0.3 is 9.47 Å². The molecular weight excluding hydrogens is 172 g/mol. The summed E-state index contributed by atoms with van der Waals surface area (Å²) >= 11 is 0. The Balaban J connectivity index is 2.52. The lowest BCUT2D eigenvalue weighted by Gasteiger charge is -2.16. The predicted octanol–water partition coefficient (Wildman–Crippen LogP) is 1.53. The highest BCUT2D eigenvalue weighted by Gasteiger charge is 2.20. The largest absolute Gasteiger partial charge is 0.514 e. The summed E-state index contributed by atoms with van der Waals surface area (Å²) in [6.45, 7) is 0.163. The van der Waals surface area contributed by atoms with Crippen LogP contribution in [0.3, 0.4) is 0 Å². The highest BCUT2D eigenvalue weighted by Crippen LogP contribution is 2.27. The Bertz CT molecular complexity index is 370. The third kappa shape index (κ3) is 1.26. The maximum absolute atomic E-state index is 10.7. The van der Waals surface area contributed by atoms with Gasteiger partial charge in [0.1, 0.15) is 6.61 Å². The second-order valence-corrected chi connectivity index (χ2v) is 2.59. The zero-order valence-electron chi connectivity index (χ0n) is 6.65. The first-order chi connectivity index (χ1) is 6.31. The summed E-state index contributed by atoms with van der Waals surface area (Å²) in [6, 6.07) is 5.05. The Morgan fingerprint density at radius 1 is 1.38 bits per heavy atom. The monoisotopic (exact) mass is 178 g/mol. The molecule has 0 unspecified atom stereocenters. The smallest absolute Gasteiger partial charge is 0.429 e. The molecule has 4 heteroatoms. The number of aldehydes is 1. The summed E-state index contributed by atoms with van der Waals surface area (Å²) in [6.07, 6.45) is -0.112. The molecule has 0 aromatic heterocycles. The number of benzene rings is 1. The van der Waals surface area contributed by atoms with E-state index in [1.165, 1.54) is 0 Å². The molecule has 0 saturated heterocycles. The Morgan fingerprint density at radius 3 is 3.00 bits per heavy atom. The highest BCUT2D eigenvalue weighted by molar-refractivity contribution is 5.82. The number of hydrogen-bond donors (Lipinski definition) is 0. The van der Waals surface area contributed by atoms with Crippen molar-refractivity contribution in [2.24, 2.45) is 0 Å². The second kappa shape index (κ2) is 2.90. The molecule has 0 bridgehead atoms. The average molecular weight is 178 g/mol. The Morgan fingerprint density at radius 2 is 2.23 bits per heavy atom. The molecule has 1 aliphatic heterocycles. The molecule has 1 aliphatic rings. The summed E-state index contributed by atoms with van der Waals surface area (Å²) in [5, 5.41) is 0. The summed E-state index contributed by atoms with van der Waals surface area (Å²) in [4.78, 5) is 21.3. The zero-order chi connectivity index (χ0) is 9.26. The number of fused-ring (bicyclic) bond motifs is 1. The molecule has 1 aromatic carbocycles. The van der Waals surface area contributed by atoms with E-state index in [9.17, 15) is 9.59 Å². The number of para-hydroxylation sites is 1. The van der Waals surface area contributed by atoms with E-state index in [0.717, 1.165) is 0 Å². The molecule has 4 nitrogen and oxygen atoms in total. The van der Waals surface area contributed by atoms with Crippen LogP contribution in [0.2, 0.25) is 0 Å². The van der Waals surface area contributed by atoms with Gasteiger partial charge in [0.15, 0.2) is 12.0 Å². The quantitative estimate of drug-likeness (QED) is 0.371. The van der Waals surface area contributed by atoms with Gasteiger partial charge in [0.2, 0.25) is 0 Å². The molecule has 0 spiro atoms. The first-order valence-electron chi connectivity index (χ1n) is 3.73. The van der Waals surface area contributed by atoms with Gasteiger partial charge in [-0.1, -0.05) is 12.1 Å². The van der Waals surface area contributed by atoms with Crippen LogP contribution in [0.15, 0.2) is 18.2 Å². The molecule has 13 heavy (non-hydrogen) atoms. The SMILES string of the molecule is O=Cc1cccc2c1OC(=O)OC2. The van der Waals surface area contributed by atoms with Crippen molar-refractivity contribution in [3.8, 4) is 5.75 Å². The van der Waals surface area contributed by atoms with Gasteiger partial charge in [-0.25, -0.2) is 4.79 Å². The molecular formula is C9H6O4. The third-order valence-corrected chi connectivity index (χ3v) is 1.78. The van der Waals surface area contributed by atoms with E-state index in [2.05, 4.69) is 4.74 Å². The number of cyclic esters (lactones) is 1. The molecule has 0 radical (unpaired) electrons. The van der Waals surface area contributed by atoms with Crippen LogP contribution in [0.1, 0.15) is 15.9 Å². The van der Waals surface area contributed by atoms with E-state index in [4.69, 9.17) is 4.74 Å². The first-order valence-corrected chi connectivity index (χ1v) is 3.73. The topological polar surface area (TPSA) is 52.6 Å². The van der Waals surface area contributed by atoms with Gasteiger partial charge in [0.05, 0.1) is 5.56 Å². The Labute approximate surface area is 74.1 Å². The predicted molar refractivity (Wildman–Crippen MR) is 42.6 cm³/mol. The summed E-state index contributed by atoms with van der Waals surface area (Å²) in [5.74, 6) is 0.314. The minimum Gasteiger partial charge on any atom is -0.429 e. The molecule has 0 saturated carbocycles. The van der Waals surface area contributed by atoms with Crippen molar-refractivity contribution in [3.63, 3.8) is 0 Å². The second-order valence-electron chi connectivity index (χ2n) is 2.59. The maximum atomic E-state index is 10.7. The maximum Gasteiger partial charge on any atom is 0.514 e. The van der Waals surface area contributed by atoms with Crippen molar-refractivity contribution in [1.29, 1.82) is 0 Å². The molecule has 0 N–H and O–H groups in total. The van der Waals surface area contributed by atoms with Gasteiger partial charge >= 0.3 is 6.16 Å². The van der Waals surface area contributed by atoms with Crippen LogP contribution < -0.4 is 4.74 Å². The molecule has 1 heterocycles. The van der Waals surface area contributed by atoms with Gasteiger partial charge in [-0.05, 0) is 6.07 Å². The minimum atomic E-state index is -0.762. The van der Waals surface area contributed by atoms with E-state index < -0.39 is 6.16 Å². The lowest BCUT2D eigenvalue weighted by atomic mass is 10.1. The van der Waals surface area contributed by atoms with Crippen molar-refractivity contribution < 1.29 is 19.1 Å². The van der Waals surface area contributed by atoms with Crippen molar-refractivity contribution in [2.45, 2.75) is 6.61 Å². The van der Waals surface area contributed by atoms with Crippen molar-refractivity contribution in [2.75, 3.05) is 0 Å². The number of hydrogen-bond acceptors (Lipinski definition) is 4. The fourth-order valence-corrected chi connectivity index (χ4v) is 1.19. The Kier molecular flexibility index (Phi) is 1.73. The highest BCUT2D eigenvalue weighted by atomic mass is 16.7. The van der Waals surface area contributed by atoms with Crippen LogP contribution in [0.5, 0.6) is 5.75 Å². The van der Waals surface area contributed by atoms with Crippen LogP contribution in [0.4, 0.5) is 4.79 Å². The lowest BCUT2D eigenvalue weighted by Crippen LogP contribution is -2.18. The minimum absolute atomic E-state index is 0.163. The first kappa shape index (κ1) is 7.79. The molecule has 66 valence electrons.